The fourth-order valence-electron chi connectivity index (χ4n) is 0.982. The zero-order valence-corrected chi connectivity index (χ0v) is 8.78. The van der Waals surface area contributed by atoms with Gasteiger partial charge in [0.1, 0.15) is 6.10 Å². The Balaban J connectivity index is 2.99. The number of nitrogens with two attached hydrogens (primary N) is 1. The van der Waals surface area contributed by atoms with Crippen LogP contribution in [0.1, 0.15) is 11.7 Å². The van der Waals surface area contributed by atoms with Crippen molar-refractivity contribution in [2.45, 2.75) is 12.2 Å². The Hall–Kier alpha value is -0.560. The van der Waals surface area contributed by atoms with Gasteiger partial charge in [0.05, 0.1) is 6.10 Å². The largest absolute Gasteiger partial charge is 0.389 e. The van der Waals surface area contributed by atoms with Crippen molar-refractivity contribution in [2.75, 3.05) is 6.54 Å². The fraction of sp³-hybridized carbons (Fsp3) is 0.375. The quantitative estimate of drug-likeness (QED) is 0.688. The molecule has 0 aliphatic carbocycles. The average Bonchev–Trinajstić information content (AvgIpc) is 2.19. The highest BCUT2D eigenvalue weighted by atomic mass is 79.9. The monoisotopic (exact) mass is 264 g/mol. The summed E-state index contributed by atoms with van der Waals surface area (Å²) >= 11 is 3.08. The van der Waals surface area contributed by atoms with Crippen LogP contribution in [0, 0.1) is 5.95 Å². The second kappa shape index (κ2) is 4.79. The minimum atomic E-state index is -1.36. The van der Waals surface area contributed by atoms with E-state index in [-0.39, 0.29) is 12.1 Å². The number of aromatic nitrogens is 1. The predicted octanol–water partition coefficient (Wildman–Crippen LogP) is 0.336. The van der Waals surface area contributed by atoms with Crippen LogP contribution in [0.5, 0.6) is 0 Å². The van der Waals surface area contributed by atoms with E-state index in [1.807, 2.05) is 0 Å². The van der Waals surface area contributed by atoms with E-state index < -0.39 is 18.2 Å². The molecule has 2 unspecified atom stereocenters. The lowest BCUT2D eigenvalue weighted by Gasteiger charge is -2.16. The molecule has 0 saturated carbocycles. The lowest BCUT2D eigenvalue weighted by atomic mass is 10.1. The first-order valence-corrected chi connectivity index (χ1v) is 4.72. The smallest absolute Gasteiger partial charge is 0.218 e. The molecule has 0 bridgehead atoms. The number of pyridine rings is 1. The first kappa shape index (κ1) is 11.5. The molecule has 1 aromatic rings. The molecule has 0 aromatic carbocycles. The maximum Gasteiger partial charge on any atom is 0.218 e. The standard InChI is InChI=1S/C8H10BrFN2O2/c9-4-1-5(8(10)12-3-4)7(14)6(13)2-11/h1,3,6-7,13-14H,2,11H2. The molecule has 0 spiro atoms. The molecule has 78 valence electrons. The molecule has 4 nitrogen and oxygen atoms in total. The van der Waals surface area contributed by atoms with Crippen LogP contribution < -0.4 is 5.73 Å². The van der Waals surface area contributed by atoms with Gasteiger partial charge < -0.3 is 15.9 Å². The molecule has 4 N–H and O–H groups in total. The van der Waals surface area contributed by atoms with Gasteiger partial charge >= 0.3 is 0 Å². The summed E-state index contributed by atoms with van der Waals surface area (Å²) in [4.78, 5) is 3.39. The van der Waals surface area contributed by atoms with Crippen molar-refractivity contribution < 1.29 is 14.6 Å². The minimum Gasteiger partial charge on any atom is -0.389 e. The van der Waals surface area contributed by atoms with Gasteiger partial charge in [-0.2, -0.15) is 4.39 Å². The normalized spacial score (nSPS) is 15.2. The van der Waals surface area contributed by atoms with Crippen LogP contribution in [0.3, 0.4) is 0 Å². The van der Waals surface area contributed by atoms with E-state index in [0.717, 1.165) is 0 Å². The number of aliphatic hydroxyl groups excluding tert-OH is 2. The van der Waals surface area contributed by atoms with E-state index in [9.17, 15) is 14.6 Å². The van der Waals surface area contributed by atoms with Crippen LogP contribution in [-0.2, 0) is 0 Å². The Labute approximate surface area is 88.7 Å². The molecule has 6 heteroatoms. The SMILES string of the molecule is NCC(O)C(O)c1cc(Br)cnc1F. The molecule has 14 heavy (non-hydrogen) atoms. The van der Waals surface area contributed by atoms with Gasteiger partial charge in [-0.25, -0.2) is 4.98 Å². The topological polar surface area (TPSA) is 79.4 Å². The summed E-state index contributed by atoms with van der Waals surface area (Å²) in [7, 11) is 0. The average molecular weight is 265 g/mol. The van der Waals surface area contributed by atoms with Gasteiger partial charge in [-0.05, 0) is 22.0 Å². The number of aliphatic hydroxyl groups is 2. The molecule has 0 fully saturated rings. The number of halogens is 2. The summed E-state index contributed by atoms with van der Waals surface area (Å²) in [5, 5.41) is 18.7. The third-order valence-corrected chi connectivity index (χ3v) is 2.19. The van der Waals surface area contributed by atoms with E-state index in [1.54, 1.807) is 0 Å². The van der Waals surface area contributed by atoms with Gasteiger partial charge in [0.2, 0.25) is 5.95 Å². The van der Waals surface area contributed by atoms with Crippen LogP contribution in [0.15, 0.2) is 16.7 Å². The van der Waals surface area contributed by atoms with Crippen molar-refractivity contribution in [1.82, 2.24) is 4.98 Å². The molecule has 0 aliphatic heterocycles. The number of nitrogens with zero attached hydrogens (tertiary/aromatic N) is 1. The lowest BCUT2D eigenvalue weighted by molar-refractivity contribution is 0.0217. The van der Waals surface area contributed by atoms with Crippen molar-refractivity contribution >= 4 is 15.9 Å². The van der Waals surface area contributed by atoms with Gasteiger partial charge in [-0.3, -0.25) is 0 Å². The lowest BCUT2D eigenvalue weighted by Crippen LogP contribution is -2.28. The van der Waals surface area contributed by atoms with Crippen LogP contribution in [-0.4, -0.2) is 27.8 Å². The first-order chi connectivity index (χ1) is 6.56. The van der Waals surface area contributed by atoms with Crippen molar-refractivity contribution in [1.29, 1.82) is 0 Å². The molecule has 1 rings (SSSR count). The summed E-state index contributed by atoms with van der Waals surface area (Å²) in [6, 6.07) is 1.35. The number of hydrogen-bond acceptors (Lipinski definition) is 4. The summed E-state index contributed by atoms with van der Waals surface area (Å²) in [6.07, 6.45) is -1.29. The summed E-state index contributed by atoms with van der Waals surface area (Å²) in [5.74, 6) is -0.812. The maximum absolute atomic E-state index is 13.1. The Kier molecular flexibility index (Phi) is 3.94. The van der Waals surface area contributed by atoms with Gasteiger partial charge in [-0.15, -0.1) is 0 Å². The Morgan fingerprint density at radius 2 is 2.21 bits per heavy atom. The van der Waals surface area contributed by atoms with E-state index in [2.05, 4.69) is 20.9 Å². The zero-order chi connectivity index (χ0) is 10.7. The van der Waals surface area contributed by atoms with Gasteiger partial charge in [0, 0.05) is 22.8 Å². The third-order valence-electron chi connectivity index (χ3n) is 1.76. The van der Waals surface area contributed by atoms with Gasteiger partial charge in [-0.1, -0.05) is 0 Å². The number of rotatable bonds is 3. The highest BCUT2D eigenvalue weighted by molar-refractivity contribution is 9.10. The van der Waals surface area contributed by atoms with Crippen molar-refractivity contribution in [2.24, 2.45) is 5.73 Å². The second-order valence-corrected chi connectivity index (χ2v) is 3.70. The Morgan fingerprint density at radius 1 is 1.57 bits per heavy atom. The molecule has 2 atom stereocenters. The van der Waals surface area contributed by atoms with Crippen molar-refractivity contribution in [3.63, 3.8) is 0 Å². The highest BCUT2D eigenvalue weighted by Crippen LogP contribution is 2.21. The fourth-order valence-corrected chi connectivity index (χ4v) is 1.33. The van der Waals surface area contributed by atoms with Crippen LogP contribution in [0.4, 0.5) is 4.39 Å². The zero-order valence-electron chi connectivity index (χ0n) is 7.19. The highest BCUT2D eigenvalue weighted by Gasteiger charge is 2.21. The summed E-state index contributed by atoms with van der Waals surface area (Å²) < 4.78 is 13.6. The van der Waals surface area contributed by atoms with E-state index >= 15 is 0 Å². The van der Waals surface area contributed by atoms with E-state index in [0.29, 0.717) is 4.47 Å². The predicted molar refractivity (Wildman–Crippen MR) is 51.9 cm³/mol. The summed E-state index contributed by atoms with van der Waals surface area (Å²) in [6.45, 7) is -0.146. The van der Waals surface area contributed by atoms with Crippen molar-refractivity contribution in [3.8, 4) is 0 Å². The summed E-state index contributed by atoms with van der Waals surface area (Å²) in [5.41, 5.74) is 5.06. The third kappa shape index (κ3) is 2.48. The van der Waals surface area contributed by atoms with Crippen LogP contribution >= 0.6 is 15.9 Å². The molecule has 1 aromatic heterocycles. The maximum atomic E-state index is 13.1. The molecule has 0 saturated heterocycles. The molecule has 0 aliphatic rings. The number of hydrogen-bond donors (Lipinski definition) is 3. The van der Waals surface area contributed by atoms with Crippen LogP contribution in [0.2, 0.25) is 0 Å². The van der Waals surface area contributed by atoms with Crippen LogP contribution in [0.25, 0.3) is 0 Å². The molecular weight excluding hydrogens is 255 g/mol. The van der Waals surface area contributed by atoms with E-state index in [1.165, 1.54) is 12.3 Å². The first-order valence-electron chi connectivity index (χ1n) is 3.93. The van der Waals surface area contributed by atoms with Gasteiger partial charge in [0.15, 0.2) is 0 Å². The molecule has 1 heterocycles. The van der Waals surface area contributed by atoms with Crippen molar-refractivity contribution in [3.05, 3.63) is 28.2 Å². The molecule has 0 radical (unpaired) electrons. The molecule has 0 amide bonds. The molecular formula is C8H10BrFN2O2. The minimum absolute atomic E-state index is 0.0719. The Morgan fingerprint density at radius 3 is 2.79 bits per heavy atom. The second-order valence-electron chi connectivity index (χ2n) is 2.78. The van der Waals surface area contributed by atoms with E-state index in [4.69, 9.17) is 5.73 Å². The van der Waals surface area contributed by atoms with Gasteiger partial charge in [0.25, 0.3) is 0 Å². The Bertz CT molecular complexity index is 324.